The number of methoxy groups -OCH3 is 1. The number of hydrogen-bond donors (Lipinski definition) is 1. The SMILES string of the molecule is COc1ccc(NC(=O)c2ccc(F)c(Br)c2)cc1. The predicted octanol–water partition coefficient (Wildman–Crippen LogP) is 3.85. The molecule has 3 nitrogen and oxygen atoms in total. The molecule has 0 atom stereocenters. The molecule has 0 bridgehead atoms. The first-order chi connectivity index (χ1) is 9.10. The molecule has 0 spiro atoms. The third-order valence-electron chi connectivity index (χ3n) is 2.53. The van der Waals surface area contributed by atoms with Crippen LogP contribution in [0.5, 0.6) is 5.75 Å². The summed E-state index contributed by atoms with van der Waals surface area (Å²) in [4.78, 5) is 11.9. The predicted molar refractivity (Wildman–Crippen MR) is 75.0 cm³/mol. The highest BCUT2D eigenvalue weighted by Crippen LogP contribution is 2.19. The molecular weight excluding hydrogens is 313 g/mol. The van der Waals surface area contributed by atoms with Gasteiger partial charge in [-0.15, -0.1) is 0 Å². The Bertz CT molecular complexity index is 599. The molecule has 1 amide bonds. The van der Waals surface area contributed by atoms with Gasteiger partial charge in [-0.05, 0) is 58.4 Å². The summed E-state index contributed by atoms with van der Waals surface area (Å²) in [6.07, 6.45) is 0. The van der Waals surface area contributed by atoms with Crippen molar-refractivity contribution in [2.24, 2.45) is 0 Å². The van der Waals surface area contributed by atoms with Gasteiger partial charge in [0.05, 0.1) is 11.6 Å². The summed E-state index contributed by atoms with van der Waals surface area (Å²) in [7, 11) is 1.57. The molecule has 2 aromatic carbocycles. The van der Waals surface area contributed by atoms with Crippen LogP contribution >= 0.6 is 15.9 Å². The van der Waals surface area contributed by atoms with Gasteiger partial charge in [0.2, 0.25) is 0 Å². The molecule has 0 unspecified atom stereocenters. The Balaban J connectivity index is 2.13. The second-order valence-corrected chi connectivity index (χ2v) is 4.67. The van der Waals surface area contributed by atoms with E-state index in [2.05, 4.69) is 21.2 Å². The lowest BCUT2D eigenvalue weighted by Crippen LogP contribution is -2.11. The lowest BCUT2D eigenvalue weighted by Gasteiger charge is -2.07. The van der Waals surface area contributed by atoms with Gasteiger partial charge in [0.1, 0.15) is 11.6 Å². The highest BCUT2D eigenvalue weighted by molar-refractivity contribution is 9.10. The summed E-state index contributed by atoms with van der Waals surface area (Å²) in [5.41, 5.74) is 1.02. The molecule has 0 aliphatic rings. The molecule has 1 N–H and O–H groups in total. The number of amides is 1. The number of halogens is 2. The Hall–Kier alpha value is -1.88. The molecule has 98 valence electrons. The third-order valence-corrected chi connectivity index (χ3v) is 3.14. The van der Waals surface area contributed by atoms with E-state index in [0.29, 0.717) is 17.0 Å². The Morgan fingerprint density at radius 3 is 2.47 bits per heavy atom. The minimum absolute atomic E-state index is 0.259. The van der Waals surface area contributed by atoms with Crippen LogP contribution in [0.25, 0.3) is 0 Å². The first kappa shape index (κ1) is 13.5. The Labute approximate surface area is 118 Å². The number of rotatable bonds is 3. The number of hydrogen-bond acceptors (Lipinski definition) is 2. The molecule has 0 aliphatic carbocycles. The number of anilines is 1. The maximum absolute atomic E-state index is 13.1. The smallest absolute Gasteiger partial charge is 0.255 e. The van der Waals surface area contributed by atoms with E-state index in [0.717, 1.165) is 0 Å². The normalized spacial score (nSPS) is 10.1. The Morgan fingerprint density at radius 1 is 1.21 bits per heavy atom. The van der Waals surface area contributed by atoms with Crippen LogP contribution in [0.3, 0.4) is 0 Å². The number of carbonyl (C=O) groups is 1. The minimum atomic E-state index is -0.402. The average Bonchev–Trinajstić information content (AvgIpc) is 2.42. The summed E-state index contributed by atoms with van der Waals surface area (Å²) >= 11 is 3.05. The molecule has 0 fully saturated rings. The molecule has 5 heteroatoms. The first-order valence-corrected chi connectivity index (χ1v) is 6.30. The Morgan fingerprint density at radius 2 is 1.89 bits per heavy atom. The van der Waals surface area contributed by atoms with Crippen LogP contribution in [0.4, 0.5) is 10.1 Å². The van der Waals surface area contributed by atoms with Gasteiger partial charge in [-0.1, -0.05) is 0 Å². The number of nitrogens with one attached hydrogen (secondary N) is 1. The molecular formula is C14H11BrFNO2. The zero-order valence-electron chi connectivity index (χ0n) is 10.1. The lowest BCUT2D eigenvalue weighted by molar-refractivity contribution is 0.102. The highest BCUT2D eigenvalue weighted by atomic mass is 79.9. The molecule has 2 rings (SSSR count). The van der Waals surface area contributed by atoms with E-state index in [1.807, 2.05) is 0 Å². The van der Waals surface area contributed by atoms with E-state index in [1.165, 1.54) is 18.2 Å². The number of ether oxygens (including phenoxy) is 1. The van der Waals surface area contributed by atoms with Crippen LogP contribution in [0.2, 0.25) is 0 Å². The maximum Gasteiger partial charge on any atom is 0.255 e. The van der Waals surface area contributed by atoms with Crippen LogP contribution < -0.4 is 10.1 Å². The van der Waals surface area contributed by atoms with Crippen LogP contribution in [0.15, 0.2) is 46.9 Å². The van der Waals surface area contributed by atoms with Crippen molar-refractivity contribution in [3.63, 3.8) is 0 Å². The van der Waals surface area contributed by atoms with E-state index >= 15 is 0 Å². The average molecular weight is 324 g/mol. The molecule has 2 aromatic rings. The van der Waals surface area contributed by atoms with Crippen LogP contribution in [-0.2, 0) is 0 Å². The fourth-order valence-corrected chi connectivity index (χ4v) is 1.89. The number of carbonyl (C=O) groups excluding carboxylic acids is 1. The summed E-state index contributed by atoms with van der Waals surface area (Å²) < 4.78 is 18.4. The largest absolute Gasteiger partial charge is 0.497 e. The van der Waals surface area contributed by atoms with Crippen molar-refractivity contribution in [3.8, 4) is 5.75 Å². The van der Waals surface area contributed by atoms with Gasteiger partial charge < -0.3 is 10.1 Å². The zero-order chi connectivity index (χ0) is 13.8. The van der Waals surface area contributed by atoms with Gasteiger partial charge in [0.25, 0.3) is 5.91 Å². The van der Waals surface area contributed by atoms with Crippen molar-refractivity contribution in [2.75, 3.05) is 12.4 Å². The van der Waals surface area contributed by atoms with Crippen molar-refractivity contribution in [1.29, 1.82) is 0 Å². The second kappa shape index (κ2) is 5.84. The molecule has 0 heterocycles. The van der Waals surface area contributed by atoms with Crippen molar-refractivity contribution in [2.45, 2.75) is 0 Å². The van der Waals surface area contributed by atoms with Gasteiger partial charge in [-0.3, -0.25) is 4.79 Å². The third kappa shape index (κ3) is 3.32. The van der Waals surface area contributed by atoms with Gasteiger partial charge in [0.15, 0.2) is 0 Å². The van der Waals surface area contributed by atoms with Gasteiger partial charge in [-0.25, -0.2) is 4.39 Å². The van der Waals surface area contributed by atoms with E-state index in [9.17, 15) is 9.18 Å². The summed E-state index contributed by atoms with van der Waals surface area (Å²) in [6.45, 7) is 0. The van der Waals surface area contributed by atoms with Crippen molar-refractivity contribution < 1.29 is 13.9 Å². The van der Waals surface area contributed by atoms with Crippen molar-refractivity contribution in [1.82, 2.24) is 0 Å². The molecule has 19 heavy (non-hydrogen) atoms. The monoisotopic (exact) mass is 323 g/mol. The minimum Gasteiger partial charge on any atom is -0.497 e. The van der Waals surface area contributed by atoms with E-state index in [-0.39, 0.29) is 10.4 Å². The summed E-state index contributed by atoms with van der Waals surface area (Å²) in [5, 5.41) is 2.72. The molecule has 0 aliphatic heterocycles. The van der Waals surface area contributed by atoms with Crippen molar-refractivity contribution in [3.05, 3.63) is 58.3 Å². The van der Waals surface area contributed by atoms with Gasteiger partial charge in [0, 0.05) is 11.3 Å². The van der Waals surface area contributed by atoms with E-state index < -0.39 is 5.82 Å². The van der Waals surface area contributed by atoms with E-state index in [4.69, 9.17) is 4.74 Å². The van der Waals surface area contributed by atoms with Crippen LogP contribution in [-0.4, -0.2) is 13.0 Å². The fraction of sp³-hybridized carbons (Fsp3) is 0.0714. The quantitative estimate of drug-likeness (QED) is 0.931. The van der Waals surface area contributed by atoms with Gasteiger partial charge >= 0.3 is 0 Å². The first-order valence-electron chi connectivity index (χ1n) is 5.50. The van der Waals surface area contributed by atoms with Crippen LogP contribution in [0, 0.1) is 5.82 Å². The van der Waals surface area contributed by atoms with Gasteiger partial charge in [-0.2, -0.15) is 0 Å². The molecule has 0 saturated carbocycles. The molecule has 0 radical (unpaired) electrons. The topological polar surface area (TPSA) is 38.3 Å². The Kier molecular flexibility index (Phi) is 4.16. The summed E-state index contributed by atoms with van der Waals surface area (Å²) in [6, 6.07) is 11.1. The van der Waals surface area contributed by atoms with E-state index in [1.54, 1.807) is 31.4 Å². The maximum atomic E-state index is 13.1. The molecule has 0 saturated heterocycles. The molecule has 0 aromatic heterocycles. The summed E-state index contributed by atoms with van der Waals surface area (Å²) in [5.74, 6) is 0.00869. The standard InChI is InChI=1S/C14H11BrFNO2/c1-19-11-5-3-10(4-6-11)17-14(18)9-2-7-13(16)12(15)8-9/h2-8H,1H3,(H,17,18). The highest BCUT2D eigenvalue weighted by Gasteiger charge is 2.08. The second-order valence-electron chi connectivity index (χ2n) is 3.81. The lowest BCUT2D eigenvalue weighted by atomic mass is 10.2. The van der Waals surface area contributed by atoms with Crippen LogP contribution in [0.1, 0.15) is 10.4 Å². The zero-order valence-corrected chi connectivity index (χ0v) is 11.7. The fourth-order valence-electron chi connectivity index (χ4n) is 1.51. The number of benzene rings is 2. The van der Waals surface area contributed by atoms with Crippen molar-refractivity contribution >= 4 is 27.5 Å².